The Hall–Kier alpha value is -2.04. The Labute approximate surface area is 150 Å². The average Bonchev–Trinajstić information content (AvgIpc) is 2.93. The average molecular weight is 363 g/mol. The monoisotopic (exact) mass is 362 g/mol. The van der Waals surface area contributed by atoms with Crippen molar-refractivity contribution in [2.45, 2.75) is 13.3 Å². The van der Waals surface area contributed by atoms with Gasteiger partial charge in [0.2, 0.25) is 11.8 Å². The molecule has 0 aromatic heterocycles. The second-order valence-electron chi connectivity index (χ2n) is 5.86. The van der Waals surface area contributed by atoms with Gasteiger partial charge >= 0.3 is 0 Å². The van der Waals surface area contributed by atoms with Crippen LogP contribution in [0, 0.1) is 12.8 Å². The van der Waals surface area contributed by atoms with Gasteiger partial charge in [-0.1, -0.05) is 35.3 Å². The molecule has 1 fully saturated rings. The number of anilines is 2. The number of halogens is 2. The minimum Gasteiger partial charge on any atom is -0.324 e. The smallest absolute Gasteiger partial charge is 0.229 e. The lowest BCUT2D eigenvalue weighted by Gasteiger charge is -2.17. The number of rotatable bonds is 3. The molecule has 1 aliphatic rings. The van der Waals surface area contributed by atoms with Crippen LogP contribution in [0.25, 0.3) is 0 Å². The lowest BCUT2D eigenvalue weighted by molar-refractivity contribution is -0.122. The van der Waals surface area contributed by atoms with Crippen LogP contribution in [0.2, 0.25) is 10.0 Å². The van der Waals surface area contributed by atoms with E-state index in [2.05, 4.69) is 5.32 Å². The zero-order chi connectivity index (χ0) is 17.3. The molecular weight excluding hydrogens is 347 g/mol. The van der Waals surface area contributed by atoms with E-state index in [1.54, 1.807) is 23.1 Å². The first-order chi connectivity index (χ1) is 11.4. The van der Waals surface area contributed by atoms with Crippen molar-refractivity contribution in [3.05, 3.63) is 58.1 Å². The number of benzene rings is 2. The molecule has 6 heteroatoms. The Morgan fingerprint density at radius 3 is 2.75 bits per heavy atom. The van der Waals surface area contributed by atoms with Gasteiger partial charge < -0.3 is 10.2 Å². The standard InChI is InChI=1S/C18H16Cl2N2O2/c1-11-3-2-4-14(7-11)22-10-12(8-17(22)23)18(24)21-16-9-13(19)5-6-15(16)20/h2-7,9,12H,8,10H2,1H3,(H,21,24)/t12-/m1/s1. The number of amides is 2. The second-order valence-corrected chi connectivity index (χ2v) is 6.70. The van der Waals surface area contributed by atoms with Gasteiger partial charge in [-0.3, -0.25) is 9.59 Å². The van der Waals surface area contributed by atoms with Gasteiger partial charge in [0, 0.05) is 23.7 Å². The molecule has 3 rings (SSSR count). The third-order valence-electron chi connectivity index (χ3n) is 4.00. The Kier molecular flexibility index (Phi) is 4.78. The SMILES string of the molecule is Cc1cccc(N2C[C@H](C(=O)Nc3cc(Cl)ccc3Cl)CC2=O)c1. The van der Waals surface area contributed by atoms with Gasteiger partial charge in [0.1, 0.15) is 0 Å². The largest absolute Gasteiger partial charge is 0.324 e. The molecule has 2 aromatic carbocycles. The summed E-state index contributed by atoms with van der Waals surface area (Å²) in [5.74, 6) is -0.714. The molecule has 4 nitrogen and oxygen atoms in total. The van der Waals surface area contributed by atoms with E-state index in [9.17, 15) is 9.59 Å². The first-order valence-corrected chi connectivity index (χ1v) is 8.32. The van der Waals surface area contributed by atoms with Crippen LogP contribution in [-0.2, 0) is 9.59 Å². The second kappa shape index (κ2) is 6.83. The molecule has 0 bridgehead atoms. The van der Waals surface area contributed by atoms with Gasteiger partial charge in [-0.15, -0.1) is 0 Å². The zero-order valence-electron chi connectivity index (χ0n) is 13.1. The molecule has 1 saturated heterocycles. The normalized spacial score (nSPS) is 17.2. The van der Waals surface area contributed by atoms with Gasteiger partial charge in [-0.2, -0.15) is 0 Å². The zero-order valence-corrected chi connectivity index (χ0v) is 14.6. The maximum Gasteiger partial charge on any atom is 0.229 e. The lowest BCUT2D eigenvalue weighted by atomic mass is 10.1. The van der Waals surface area contributed by atoms with E-state index in [0.29, 0.717) is 22.3 Å². The van der Waals surface area contributed by atoms with E-state index >= 15 is 0 Å². The summed E-state index contributed by atoms with van der Waals surface area (Å²) < 4.78 is 0. The Morgan fingerprint density at radius 1 is 1.21 bits per heavy atom. The molecule has 1 N–H and O–H groups in total. The summed E-state index contributed by atoms with van der Waals surface area (Å²) >= 11 is 12.0. The number of hydrogen-bond donors (Lipinski definition) is 1. The highest BCUT2D eigenvalue weighted by molar-refractivity contribution is 6.35. The summed E-state index contributed by atoms with van der Waals surface area (Å²) in [6, 6.07) is 12.5. The molecule has 124 valence electrons. The van der Waals surface area contributed by atoms with Gasteiger partial charge in [-0.05, 0) is 42.8 Å². The molecule has 1 aliphatic heterocycles. The number of nitrogens with one attached hydrogen (secondary N) is 1. The van der Waals surface area contributed by atoms with E-state index in [0.717, 1.165) is 11.3 Å². The van der Waals surface area contributed by atoms with Crippen molar-refractivity contribution < 1.29 is 9.59 Å². The van der Waals surface area contributed by atoms with E-state index in [4.69, 9.17) is 23.2 Å². The van der Waals surface area contributed by atoms with Crippen LogP contribution in [-0.4, -0.2) is 18.4 Å². The molecule has 24 heavy (non-hydrogen) atoms. The van der Waals surface area contributed by atoms with Crippen molar-refractivity contribution in [2.75, 3.05) is 16.8 Å². The minimum absolute atomic E-state index is 0.0575. The van der Waals surface area contributed by atoms with Crippen LogP contribution in [0.15, 0.2) is 42.5 Å². The molecule has 0 aliphatic carbocycles. The van der Waals surface area contributed by atoms with Gasteiger partial charge in [0.25, 0.3) is 0 Å². The molecule has 0 unspecified atom stereocenters. The minimum atomic E-state index is -0.423. The Balaban J connectivity index is 1.73. The molecule has 2 amide bonds. The molecule has 1 atom stereocenters. The van der Waals surface area contributed by atoms with Crippen molar-refractivity contribution >= 4 is 46.4 Å². The van der Waals surface area contributed by atoms with Crippen molar-refractivity contribution in [2.24, 2.45) is 5.92 Å². The molecule has 0 radical (unpaired) electrons. The van der Waals surface area contributed by atoms with E-state index in [1.807, 2.05) is 31.2 Å². The number of aryl methyl sites for hydroxylation is 1. The van der Waals surface area contributed by atoms with E-state index in [1.165, 1.54) is 0 Å². The first kappa shape index (κ1) is 16.8. The first-order valence-electron chi connectivity index (χ1n) is 7.57. The summed E-state index contributed by atoms with van der Waals surface area (Å²) in [4.78, 5) is 26.4. The predicted octanol–water partition coefficient (Wildman–Crippen LogP) is 4.29. The van der Waals surface area contributed by atoms with Crippen LogP contribution in [0.3, 0.4) is 0 Å². The summed E-state index contributed by atoms with van der Waals surface area (Å²) in [5.41, 5.74) is 2.34. The Bertz CT molecular complexity index is 807. The van der Waals surface area contributed by atoms with Gasteiger partial charge in [0.15, 0.2) is 0 Å². The fourth-order valence-corrected chi connectivity index (χ4v) is 3.09. The predicted molar refractivity (Wildman–Crippen MR) is 96.7 cm³/mol. The highest BCUT2D eigenvalue weighted by atomic mass is 35.5. The number of carbonyl (C=O) groups is 2. The molecule has 0 saturated carbocycles. The number of hydrogen-bond acceptors (Lipinski definition) is 2. The van der Waals surface area contributed by atoms with Crippen molar-refractivity contribution in [1.82, 2.24) is 0 Å². The lowest BCUT2D eigenvalue weighted by Crippen LogP contribution is -2.28. The quantitative estimate of drug-likeness (QED) is 0.884. The highest BCUT2D eigenvalue weighted by Gasteiger charge is 2.35. The number of nitrogens with zero attached hydrogens (tertiary/aromatic N) is 1. The van der Waals surface area contributed by atoms with Crippen LogP contribution in [0.4, 0.5) is 11.4 Å². The summed E-state index contributed by atoms with van der Waals surface area (Å²) in [7, 11) is 0. The fourth-order valence-electron chi connectivity index (χ4n) is 2.76. The van der Waals surface area contributed by atoms with E-state index in [-0.39, 0.29) is 18.2 Å². The maximum absolute atomic E-state index is 12.5. The third-order valence-corrected chi connectivity index (χ3v) is 4.56. The molecule has 1 heterocycles. The third kappa shape index (κ3) is 3.55. The van der Waals surface area contributed by atoms with Crippen molar-refractivity contribution in [1.29, 1.82) is 0 Å². The van der Waals surface area contributed by atoms with E-state index < -0.39 is 5.92 Å². The highest BCUT2D eigenvalue weighted by Crippen LogP contribution is 2.29. The summed E-state index contributed by atoms with van der Waals surface area (Å²) in [5, 5.41) is 3.66. The van der Waals surface area contributed by atoms with Crippen molar-refractivity contribution in [3.8, 4) is 0 Å². The number of carbonyl (C=O) groups excluding carboxylic acids is 2. The summed E-state index contributed by atoms with van der Waals surface area (Å²) in [6.07, 6.45) is 0.179. The van der Waals surface area contributed by atoms with Gasteiger partial charge in [0.05, 0.1) is 16.6 Å². The van der Waals surface area contributed by atoms with Crippen LogP contribution in [0.5, 0.6) is 0 Å². The van der Waals surface area contributed by atoms with Crippen LogP contribution >= 0.6 is 23.2 Å². The van der Waals surface area contributed by atoms with Crippen LogP contribution < -0.4 is 10.2 Å². The fraction of sp³-hybridized carbons (Fsp3) is 0.222. The summed E-state index contributed by atoms with van der Waals surface area (Å²) in [6.45, 7) is 2.32. The van der Waals surface area contributed by atoms with Crippen molar-refractivity contribution in [3.63, 3.8) is 0 Å². The van der Waals surface area contributed by atoms with Gasteiger partial charge in [-0.25, -0.2) is 0 Å². The molecular formula is C18H16Cl2N2O2. The molecule has 2 aromatic rings. The molecule has 0 spiro atoms. The Morgan fingerprint density at radius 2 is 2.00 bits per heavy atom. The maximum atomic E-state index is 12.5. The topological polar surface area (TPSA) is 49.4 Å². The van der Waals surface area contributed by atoms with Crippen LogP contribution in [0.1, 0.15) is 12.0 Å².